The number of nitrogen functional groups attached to an aromatic ring is 1. The highest BCUT2D eigenvalue weighted by molar-refractivity contribution is 5.79. The number of rotatable bonds is 4. The van der Waals surface area contributed by atoms with Crippen molar-refractivity contribution in [2.24, 2.45) is 0 Å². The molecule has 2 aromatic heterocycles. The van der Waals surface area contributed by atoms with Crippen molar-refractivity contribution in [2.75, 3.05) is 43.9 Å². The molecule has 9 nitrogen and oxygen atoms in total. The molecular weight excluding hydrogens is 370 g/mol. The van der Waals surface area contributed by atoms with E-state index in [0.29, 0.717) is 25.3 Å². The predicted octanol–water partition coefficient (Wildman–Crippen LogP) is 1.22. The Balaban J connectivity index is 1.43. The minimum Gasteiger partial charge on any atom is -0.497 e. The van der Waals surface area contributed by atoms with Crippen molar-refractivity contribution >= 4 is 23.3 Å². The number of benzene rings is 1. The van der Waals surface area contributed by atoms with Gasteiger partial charge in [0.15, 0.2) is 0 Å². The third-order valence-corrected chi connectivity index (χ3v) is 5.46. The lowest BCUT2D eigenvalue weighted by atomic mass is 10.1. The third-order valence-electron chi connectivity index (χ3n) is 5.46. The first-order valence-corrected chi connectivity index (χ1v) is 9.61. The summed E-state index contributed by atoms with van der Waals surface area (Å²) < 4.78 is 6.82. The largest absolute Gasteiger partial charge is 0.497 e. The van der Waals surface area contributed by atoms with Crippen LogP contribution < -0.4 is 15.4 Å². The summed E-state index contributed by atoms with van der Waals surface area (Å²) >= 11 is 0. The van der Waals surface area contributed by atoms with Crippen molar-refractivity contribution in [3.8, 4) is 5.75 Å². The van der Waals surface area contributed by atoms with Crippen LogP contribution in [0.25, 0.3) is 5.78 Å². The van der Waals surface area contributed by atoms with Crippen LogP contribution in [0, 0.1) is 13.8 Å². The van der Waals surface area contributed by atoms with Crippen molar-refractivity contribution in [3.05, 3.63) is 41.2 Å². The monoisotopic (exact) mass is 395 g/mol. The van der Waals surface area contributed by atoms with E-state index < -0.39 is 0 Å². The van der Waals surface area contributed by atoms with Crippen molar-refractivity contribution in [3.63, 3.8) is 0 Å². The normalized spacial score (nSPS) is 14.4. The van der Waals surface area contributed by atoms with Gasteiger partial charge in [0.05, 0.1) is 13.5 Å². The Bertz CT molecular complexity index is 1040. The van der Waals surface area contributed by atoms with Gasteiger partial charge in [0, 0.05) is 48.8 Å². The van der Waals surface area contributed by atoms with Gasteiger partial charge in [0.25, 0.3) is 5.78 Å². The van der Waals surface area contributed by atoms with E-state index in [1.54, 1.807) is 11.6 Å². The highest BCUT2D eigenvalue weighted by Crippen LogP contribution is 2.21. The van der Waals surface area contributed by atoms with E-state index in [-0.39, 0.29) is 11.9 Å². The molecule has 152 valence electrons. The second kappa shape index (κ2) is 7.57. The van der Waals surface area contributed by atoms with Gasteiger partial charge in [-0.1, -0.05) is 0 Å². The van der Waals surface area contributed by atoms with Crippen LogP contribution in [0.3, 0.4) is 0 Å². The zero-order valence-corrected chi connectivity index (χ0v) is 16.9. The molecule has 1 aliphatic rings. The van der Waals surface area contributed by atoms with E-state index in [1.165, 1.54) is 0 Å². The van der Waals surface area contributed by atoms with E-state index in [4.69, 9.17) is 10.5 Å². The van der Waals surface area contributed by atoms with E-state index >= 15 is 0 Å². The Morgan fingerprint density at radius 3 is 2.45 bits per heavy atom. The summed E-state index contributed by atoms with van der Waals surface area (Å²) in [6, 6.07) is 8.01. The molecule has 0 bridgehead atoms. The fraction of sp³-hybridized carbons (Fsp3) is 0.400. The molecule has 0 spiro atoms. The molecule has 3 aromatic rings. The van der Waals surface area contributed by atoms with Gasteiger partial charge in [0.1, 0.15) is 5.75 Å². The van der Waals surface area contributed by atoms with Gasteiger partial charge in [-0.3, -0.25) is 4.79 Å². The number of carbonyl (C=O) groups is 1. The van der Waals surface area contributed by atoms with Crippen molar-refractivity contribution in [2.45, 2.75) is 20.3 Å². The number of methoxy groups -OCH3 is 1. The maximum absolute atomic E-state index is 12.9. The summed E-state index contributed by atoms with van der Waals surface area (Å²) in [5.74, 6) is 1.58. The molecule has 29 heavy (non-hydrogen) atoms. The average Bonchev–Trinajstić information content (AvgIpc) is 3.11. The maximum atomic E-state index is 12.9. The third kappa shape index (κ3) is 3.67. The van der Waals surface area contributed by atoms with Crippen LogP contribution in [-0.4, -0.2) is 63.7 Å². The summed E-state index contributed by atoms with van der Waals surface area (Å²) in [7, 11) is 1.66. The van der Waals surface area contributed by atoms with E-state index in [1.807, 2.05) is 43.0 Å². The Morgan fingerprint density at radius 2 is 1.79 bits per heavy atom. The topological polar surface area (TPSA) is 102 Å². The van der Waals surface area contributed by atoms with E-state index in [2.05, 4.69) is 20.0 Å². The molecule has 1 aromatic carbocycles. The van der Waals surface area contributed by atoms with E-state index in [0.717, 1.165) is 41.5 Å². The number of ether oxygens (including phenoxy) is 1. The lowest BCUT2D eigenvalue weighted by molar-refractivity contribution is -0.130. The number of amides is 1. The molecule has 2 N–H and O–H groups in total. The summed E-state index contributed by atoms with van der Waals surface area (Å²) in [5.41, 5.74) is 9.34. The molecule has 1 saturated heterocycles. The van der Waals surface area contributed by atoms with Crippen LogP contribution in [0.2, 0.25) is 0 Å². The van der Waals surface area contributed by atoms with Gasteiger partial charge >= 0.3 is 0 Å². The summed E-state index contributed by atoms with van der Waals surface area (Å²) in [6.45, 7) is 6.78. The van der Waals surface area contributed by atoms with Crippen LogP contribution in [0.15, 0.2) is 24.3 Å². The number of anilines is 2. The van der Waals surface area contributed by atoms with Gasteiger partial charge in [-0.15, -0.1) is 5.10 Å². The number of piperazine rings is 1. The minimum atomic E-state index is 0.0971. The number of aryl methyl sites for hydroxylation is 2. The Morgan fingerprint density at radius 1 is 1.10 bits per heavy atom. The fourth-order valence-corrected chi connectivity index (χ4v) is 3.75. The van der Waals surface area contributed by atoms with Crippen LogP contribution in [-0.2, 0) is 11.2 Å². The summed E-state index contributed by atoms with van der Waals surface area (Å²) in [5, 5.41) is 4.17. The quantitative estimate of drug-likeness (QED) is 0.709. The van der Waals surface area contributed by atoms with Gasteiger partial charge in [-0.2, -0.15) is 9.50 Å². The Kier molecular flexibility index (Phi) is 4.96. The summed E-state index contributed by atoms with van der Waals surface area (Å²) in [6.07, 6.45) is 0.295. The lowest BCUT2D eigenvalue weighted by Gasteiger charge is -2.36. The Labute approximate surface area is 169 Å². The molecular formula is C20H25N7O2. The van der Waals surface area contributed by atoms with Gasteiger partial charge in [-0.25, -0.2) is 4.98 Å². The molecule has 1 amide bonds. The second-order valence-corrected chi connectivity index (χ2v) is 7.19. The number of hydrogen-bond acceptors (Lipinski definition) is 7. The number of nitrogens with zero attached hydrogens (tertiary/aromatic N) is 6. The smallest absolute Gasteiger partial charge is 0.254 e. The first-order chi connectivity index (χ1) is 14.0. The molecule has 0 aliphatic carbocycles. The second-order valence-electron chi connectivity index (χ2n) is 7.19. The molecule has 0 atom stereocenters. The van der Waals surface area contributed by atoms with Crippen molar-refractivity contribution < 1.29 is 9.53 Å². The molecule has 9 heteroatoms. The lowest BCUT2D eigenvalue weighted by Crippen LogP contribution is -2.49. The number of fused-ring (bicyclic) bond motifs is 1. The van der Waals surface area contributed by atoms with Gasteiger partial charge < -0.3 is 20.3 Å². The molecule has 4 rings (SSSR count). The van der Waals surface area contributed by atoms with Crippen molar-refractivity contribution in [1.29, 1.82) is 0 Å². The maximum Gasteiger partial charge on any atom is 0.254 e. The van der Waals surface area contributed by atoms with Crippen LogP contribution in [0.4, 0.5) is 11.6 Å². The zero-order chi connectivity index (χ0) is 20.5. The standard InChI is InChI=1S/C20H25N7O2/c1-13-17(14(2)27-20(22-13)23-19(21)24-27)12-18(28)26-10-8-25(9-11-26)15-4-6-16(29-3)7-5-15/h4-7H,8-12H2,1-3H3,(H2,21,24). The zero-order valence-electron chi connectivity index (χ0n) is 16.9. The molecule has 0 radical (unpaired) electrons. The Hall–Kier alpha value is -3.36. The number of nitrogens with two attached hydrogens (primary N) is 1. The van der Waals surface area contributed by atoms with Crippen LogP contribution in [0.1, 0.15) is 17.0 Å². The average molecular weight is 395 g/mol. The predicted molar refractivity (Wildman–Crippen MR) is 110 cm³/mol. The highest BCUT2D eigenvalue weighted by atomic mass is 16.5. The molecule has 3 heterocycles. The van der Waals surface area contributed by atoms with Gasteiger partial charge in [-0.05, 0) is 38.1 Å². The minimum absolute atomic E-state index is 0.0971. The van der Waals surface area contributed by atoms with Crippen LogP contribution >= 0.6 is 0 Å². The number of aromatic nitrogens is 4. The first-order valence-electron chi connectivity index (χ1n) is 9.61. The van der Waals surface area contributed by atoms with Crippen LogP contribution in [0.5, 0.6) is 5.75 Å². The summed E-state index contributed by atoms with van der Waals surface area (Å²) in [4.78, 5) is 25.7. The SMILES string of the molecule is COc1ccc(N2CCN(C(=O)Cc3c(C)nc4nc(N)nn4c3C)CC2)cc1. The van der Waals surface area contributed by atoms with E-state index in [9.17, 15) is 4.79 Å². The van der Waals surface area contributed by atoms with Gasteiger partial charge in [0.2, 0.25) is 11.9 Å². The van der Waals surface area contributed by atoms with Crippen molar-refractivity contribution in [1.82, 2.24) is 24.5 Å². The number of hydrogen-bond donors (Lipinski definition) is 1. The number of carbonyl (C=O) groups excluding carboxylic acids is 1. The molecule has 0 saturated carbocycles. The molecule has 1 fully saturated rings. The first kappa shape index (κ1) is 19.0. The molecule has 1 aliphatic heterocycles. The highest BCUT2D eigenvalue weighted by Gasteiger charge is 2.23. The molecule has 0 unspecified atom stereocenters. The fourth-order valence-electron chi connectivity index (χ4n) is 3.75.